The molecule has 0 atom stereocenters. The van der Waals surface area contributed by atoms with Crippen molar-refractivity contribution < 1.29 is 9.32 Å². The topological polar surface area (TPSA) is 52.8 Å². The predicted octanol–water partition coefficient (Wildman–Crippen LogP) is 1.40. The number of hydrogen-bond donors (Lipinski definition) is 0. The lowest BCUT2D eigenvalue weighted by molar-refractivity contribution is 0.00265. The first-order valence-corrected chi connectivity index (χ1v) is 9.38. The first-order valence-electron chi connectivity index (χ1n) is 9.38. The van der Waals surface area contributed by atoms with Crippen molar-refractivity contribution in [3.8, 4) is 0 Å². The molecule has 1 aromatic rings. The maximum absolute atomic E-state index is 12.7. The zero-order valence-electron chi connectivity index (χ0n) is 14.8. The van der Waals surface area contributed by atoms with Crippen LogP contribution in [-0.2, 0) is 12.8 Å². The van der Waals surface area contributed by atoms with E-state index >= 15 is 0 Å². The van der Waals surface area contributed by atoms with Gasteiger partial charge in [0.05, 0.1) is 0 Å². The molecule has 3 heterocycles. The quantitative estimate of drug-likeness (QED) is 0.837. The van der Waals surface area contributed by atoms with E-state index < -0.39 is 0 Å². The van der Waals surface area contributed by atoms with Gasteiger partial charge in [0.2, 0.25) is 0 Å². The minimum absolute atomic E-state index is 0.0685. The lowest BCUT2D eigenvalue weighted by Crippen LogP contribution is -2.64. The van der Waals surface area contributed by atoms with E-state index in [2.05, 4.69) is 28.8 Å². The standard InChI is InChI=1S/C18H28N4O2/c1-13(2)20-7-9-21(10-8-20)14-11-22(12-14)18(23)17-15-5-3-4-6-16(15)24-19-17/h13-14H,3-12H2,1-2H3. The molecule has 0 bridgehead atoms. The van der Waals surface area contributed by atoms with Crippen molar-refractivity contribution in [2.75, 3.05) is 39.3 Å². The fourth-order valence-corrected chi connectivity index (χ4v) is 4.17. The summed E-state index contributed by atoms with van der Waals surface area (Å²) in [5.41, 5.74) is 1.65. The number of piperazine rings is 1. The number of nitrogens with zero attached hydrogens (tertiary/aromatic N) is 4. The molecule has 0 spiro atoms. The van der Waals surface area contributed by atoms with Gasteiger partial charge in [-0.2, -0.15) is 0 Å². The van der Waals surface area contributed by atoms with Gasteiger partial charge >= 0.3 is 0 Å². The van der Waals surface area contributed by atoms with Gasteiger partial charge in [-0.05, 0) is 33.1 Å². The fraction of sp³-hybridized carbons (Fsp3) is 0.778. The maximum atomic E-state index is 12.7. The summed E-state index contributed by atoms with van der Waals surface area (Å²) in [6.07, 6.45) is 4.15. The highest BCUT2D eigenvalue weighted by atomic mass is 16.5. The van der Waals surface area contributed by atoms with Crippen molar-refractivity contribution in [1.29, 1.82) is 0 Å². The lowest BCUT2D eigenvalue weighted by atomic mass is 9.95. The van der Waals surface area contributed by atoms with Crippen LogP contribution in [0.15, 0.2) is 4.52 Å². The van der Waals surface area contributed by atoms with E-state index in [9.17, 15) is 4.79 Å². The van der Waals surface area contributed by atoms with Crippen molar-refractivity contribution in [2.45, 2.75) is 51.6 Å². The molecule has 0 N–H and O–H groups in total. The van der Waals surface area contributed by atoms with Crippen LogP contribution in [0.1, 0.15) is 48.5 Å². The number of hydrogen-bond acceptors (Lipinski definition) is 5. The summed E-state index contributed by atoms with van der Waals surface area (Å²) in [5, 5.41) is 4.08. The summed E-state index contributed by atoms with van der Waals surface area (Å²) in [5.74, 6) is 1.01. The van der Waals surface area contributed by atoms with E-state index in [0.29, 0.717) is 17.8 Å². The van der Waals surface area contributed by atoms with Gasteiger partial charge in [-0.3, -0.25) is 14.6 Å². The molecule has 2 saturated heterocycles. The molecule has 4 rings (SSSR count). The Hall–Kier alpha value is -1.40. The van der Waals surface area contributed by atoms with Crippen LogP contribution in [0.2, 0.25) is 0 Å². The molecule has 1 aromatic heterocycles. The summed E-state index contributed by atoms with van der Waals surface area (Å²) < 4.78 is 5.39. The van der Waals surface area contributed by atoms with Crippen molar-refractivity contribution in [3.63, 3.8) is 0 Å². The Kier molecular flexibility index (Phi) is 4.35. The second kappa shape index (κ2) is 6.48. The lowest BCUT2D eigenvalue weighted by Gasteiger charge is -2.48. The molecule has 132 valence electrons. The van der Waals surface area contributed by atoms with Crippen LogP contribution in [0, 0.1) is 0 Å². The van der Waals surface area contributed by atoms with Crippen LogP contribution in [0.5, 0.6) is 0 Å². The minimum Gasteiger partial charge on any atom is -0.360 e. The number of rotatable bonds is 3. The second-order valence-electron chi connectivity index (χ2n) is 7.67. The molecule has 2 aliphatic heterocycles. The zero-order chi connectivity index (χ0) is 16.7. The average molecular weight is 332 g/mol. The van der Waals surface area contributed by atoms with Gasteiger partial charge in [-0.15, -0.1) is 0 Å². The normalized spacial score (nSPS) is 23.4. The van der Waals surface area contributed by atoms with Crippen molar-refractivity contribution >= 4 is 5.91 Å². The fourth-order valence-electron chi connectivity index (χ4n) is 4.17. The van der Waals surface area contributed by atoms with Crippen molar-refractivity contribution in [2.24, 2.45) is 0 Å². The summed E-state index contributed by atoms with van der Waals surface area (Å²) >= 11 is 0. The Morgan fingerprint density at radius 2 is 1.83 bits per heavy atom. The van der Waals surface area contributed by atoms with E-state index in [1.807, 2.05) is 4.90 Å². The Balaban J connectivity index is 1.31. The third kappa shape index (κ3) is 2.86. The maximum Gasteiger partial charge on any atom is 0.276 e. The number of fused-ring (bicyclic) bond motifs is 1. The molecule has 0 aromatic carbocycles. The number of likely N-dealkylation sites (tertiary alicyclic amines) is 1. The van der Waals surface area contributed by atoms with Gasteiger partial charge in [-0.1, -0.05) is 5.16 Å². The molecule has 24 heavy (non-hydrogen) atoms. The molecule has 0 saturated carbocycles. The molecular weight excluding hydrogens is 304 g/mol. The first kappa shape index (κ1) is 16.1. The molecule has 6 heteroatoms. The Morgan fingerprint density at radius 1 is 1.12 bits per heavy atom. The monoisotopic (exact) mass is 332 g/mol. The number of amides is 1. The van der Waals surface area contributed by atoms with Crippen LogP contribution in [0.3, 0.4) is 0 Å². The average Bonchev–Trinajstić information content (AvgIpc) is 2.98. The smallest absolute Gasteiger partial charge is 0.276 e. The third-order valence-corrected chi connectivity index (χ3v) is 5.90. The van der Waals surface area contributed by atoms with Crippen molar-refractivity contribution in [3.05, 3.63) is 17.0 Å². The van der Waals surface area contributed by atoms with Gasteiger partial charge < -0.3 is 9.42 Å². The van der Waals surface area contributed by atoms with Crippen LogP contribution in [-0.4, -0.2) is 77.1 Å². The van der Waals surface area contributed by atoms with Crippen LogP contribution in [0.25, 0.3) is 0 Å². The number of aromatic nitrogens is 1. The predicted molar refractivity (Wildman–Crippen MR) is 91.1 cm³/mol. The van der Waals surface area contributed by atoms with E-state index in [0.717, 1.165) is 76.3 Å². The largest absolute Gasteiger partial charge is 0.360 e. The van der Waals surface area contributed by atoms with Crippen LogP contribution in [0.4, 0.5) is 0 Å². The van der Waals surface area contributed by atoms with Crippen molar-refractivity contribution in [1.82, 2.24) is 19.9 Å². The molecule has 0 unspecified atom stereocenters. The number of aryl methyl sites for hydroxylation is 1. The minimum atomic E-state index is 0.0685. The van der Waals surface area contributed by atoms with Gasteiger partial charge in [-0.25, -0.2) is 0 Å². The molecule has 6 nitrogen and oxygen atoms in total. The number of carbonyl (C=O) groups excluding carboxylic acids is 1. The molecule has 2 fully saturated rings. The van der Waals surface area contributed by atoms with Gasteiger partial charge in [0, 0.05) is 63.3 Å². The highest BCUT2D eigenvalue weighted by Crippen LogP contribution is 2.27. The molecular formula is C18H28N4O2. The molecule has 1 aliphatic carbocycles. The molecule has 1 amide bonds. The zero-order valence-corrected chi connectivity index (χ0v) is 14.8. The highest BCUT2D eigenvalue weighted by Gasteiger charge is 2.38. The summed E-state index contributed by atoms with van der Waals surface area (Å²) in [4.78, 5) is 19.7. The van der Waals surface area contributed by atoms with E-state index in [-0.39, 0.29) is 5.91 Å². The second-order valence-corrected chi connectivity index (χ2v) is 7.67. The number of carbonyl (C=O) groups is 1. The Labute approximate surface area is 143 Å². The van der Waals surface area contributed by atoms with Gasteiger partial charge in [0.25, 0.3) is 5.91 Å². The van der Waals surface area contributed by atoms with Gasteiger partial charge in [0.1, 0.15) is 5.76 Å². The van der Waals surface area contributed by atoms with Crippen LogP contribution >= 0.6 is 0 Å². The highest BCUT2D eigenvalue weighted by molar-refractivity contribution is 5.94. The Morgan fingerprint density at radius 3 is 2.54 bits per heavy atom. The summed E-state index contributed by atoms with van der Waals surface area (Å²) in [6, 6.07) is 1.15. The van der Waals surface area contributed by atoms with E-state index in [1.54, 1.807) is 0 Å². The first-order chi connectivity index (χ1) is 11.6. The van der Waals surface area contributed by atoms with E-state index in [4.69, 9.17) is 4.52 Å². The summed E-state index contributed by atoms with van der Waals surface area (Å²) in [6.45, 7) is 10.7. The van der Waals surface area contributed by atoms with Gasteiger partial charge in [0.15, 0.2) is 5.69 Å². The van der Waals surface area contributed by atoms with Crippen LogP contribution < -0.4 is 0 Å². The summed E-state index contributed by atoms with van der Waals surface area (Å²) in [7, 11) is 0. The SMILES string of the molecule is CC(C)N1CCN(C2CN(C(=O)c3noc4c3CCCC4)C2)CC1. The molecule has 0 radical (unpaired) electrons. The Bertz CT molecular complexity index is 598. The third-order valence-electron chi connectivity index (χ3n) is 5.90. The van der Waals surface area contributed by atoms with E-state index in [1.165, 1.54) is 0 Å². The molecule has 3 aliphatic rings.